The second-order valence-corrected chi connectivity index (χ2v) is 5.74. The molecule has 2 aromatic carbocycles. The number of ether oxygens (including phenoxy) is 1. The van der Waals surface area contributed by atoms with Crippen LogP contribution in [-0.4, -0.2) is 22.0 Å². The van der Waals surface area contributed by atoms with Crippen molar-refractivity contribution in [3.05, 3.63) is 70.4 Å². The zero-order valence-electron chi connectivity index (χ0n) is 14.9. The molecule has 2 N–H and O–H groups in total. The van der Waals surface area contributed by atoms with Crippen molar-refractivity contribution in [3.8, 4) is 5.75 Å². The number of hydrogen-bond acceptors (Lipinski definition) is 7. The highest BCUT2D eigenvalue weighted by Crippen LogP contribution is 2.35. The summed E-state index contributed by atoms with van der Waals surface area (Å²) in [5.74, 6) is -0.107. The molecule has 0 bridgehead atoms. The summed E-state index contributed by atoms with van der Waals surface area (Å²) in [7, 11) is 1.44. The Morgan fingerprint density at radius 2 is 1.79 bits per heavy atom. The fourth-order valence-electron chi connectivity index (χ4n) is 2.38. The molecule has 3 rings (SSSR count). The van der Waals surface area contributed by atoms with E-state index in [1.165, 1.54) is 37.4 Å². The van der Waals surface area contributed by atoms with Crippen LogP contribution in [-0.2, 0) is 6.18 Å². The quantitative estimate of drug-likeness (QED) is 0.444. The van der Waals surface area contributed by atoms with Crippen molar-refractivity contribution >= 4 is 28.8 Å². The zero-order chi connectivity index (χ0) is 21.0. The number of methoxy groups -OCH3 is 1. The number of nitro benzene ring substituents is 1. The van der Waals surface area contributed by atoms with E-state index in [1.54, 1.807) is 18.2 Å². The minimum atomic E-state index is -4.67. The van der Waals surface area contributed by atoms with E-state index >= 15 is 0 Å². The predicted octanol–water partition coefficient (Wildman–Crippen LogP) is 4.90. The molecule has 150 valence electrons. The van der Waals surface area contributed by atoms with Crippen LogP contribution in [0.1, 0.15) is 5.56 Å². The smallest absolute Gasteiger partial charge is 0.421 e. The van der Waals surface area contributed by atoms with Gasteiger partial charge in [-0.05, 0) is 24.3 Å². The number of rotatable bonds is 6. The molecule has 29 heavy (non-hydrogen) atoms. The van der Waals surface area contributed by atoms with Crippen LogP contribution in [0.2, 0.25) is 0 Å². The van der Waals surface area contributed by atoms with Crippen molar-refractivity contribution in [1.82, 2.24) is 9.97 Å². The second kappa shape index (κ2) is 8.00. The fourth-order valence-corrected chi connectivity index (χ4v) is 2.38. The van der Waals surface area contributed by atoms with Crippen molar-refractivity contribution in [1.29, 1.82) is 0 Å². The Balaban J connectivity index is 1.91. The number of alkyl halides is 3. The first-order chi connectivity index (χ1) is 13.8. The molecule has 0 atom stereocenters. The minimum absolute atomic E-state index is 0.114. The van der Waals surface area contributed by atoms with E-state index in [0.717, 1.165) is 0 Å². The Morgan fingerprint density at radius 1 is 1.07 bits per heavy atom. The minimum Gasteiger partial charge on any atom is -0.497 e. The number of aromatic nitrogens is 2. The number of nitrogens with one attached hydrogen (secondary N) is 2. The number of halogens is 3. The van der Waals surface area contributed by atoms with Gasteiger partial charge >= 0.3 is 6.18 Å². The Morgan fingerprint density at radius 3 is 2.41 bits per heavy atom. The molecule has 8 nitrogen and oxygen atoms in total. The maximum absolute atomic E-state index is 13.3. The number of anilines is 4. The summed E-state index contributed by atoms with van der Waals surface area (Å²) < 4.78 is 45.1. The van der Waals surface area contributed by atoms with E-state index in [0.29, 0.717) is 23.3 Å². The number of non-ortho nitro benzene ring substituents is 1. The van der Waals surface area contributed by atoms with E-state index in [9.17, 15) is 23.3 Å². The zero-order valence-corrected chi connectivity index (χ0v) is 14.9. The van der Waals surface area contributed by atoms with E-state index in [1.807, 2.05) is 0 Å². The Labute approximate surface area is 162 Å². The fraction of sp³-hybridized carbons (Fsp3) is 0.111. The third-order valence-corrected chi connectivity index (χ3v) is 3.76. The largest absolute Gasteiger partial charge is 0.497 e. The molecule has 0 saturated carbocycles. The summed E-state index contributed by atoms with van der Waals surface area (Å²) >= 11 is 0. The van der Waals surface area contributed by atoms with Crippen LogP contribution < -0.4 is 15.4 Å². The second-order valence-electron chi connectivity index (χ2n) is 5.74. The molecule has 0 aliphatic carbocycles. The average molecular weight is 405 g/mol. The first kappa shape index (κ1) is 19.9. The highest BCUT2D eigenvalue weighted by molar-refractivity contribution is 5.64. The molecule has 11 heteroatoms. The lowest BCUT2D eigenvalue weighted by Crippen LogP contribution is -2.12. The van der Waals surface area contributed by atoms with Gasteiger partial charge in [0.1, 0.15) is 17.1 Å². The summed E-state index contributed by atoms with van der Waals surface area (Å²) in [6, 6.07) is 11.6. The lowest BCUT2D eigenvalue weighted by atomic mass is 10.2. The number of nitrogens with zero attached hydrogens (tertiary/aromatic N) is 3. The van der Waals surface area contributed by atoms with Crippen molar-refractivity contribution in [2.24, 2.45) is 0 Å². The summed E-state index contributed by atoms with van der Waals surface area (Å²) in [5, 5.41) is 16.0. The number of benzene rings is 2. The van der Waals surface area contributed by atoms with Gasteiger partial charge in [0, 0.05) is 35.8 Å². The van der Waals surface area contributed by atoms with Crippen molar-refractivity contribution in [2.45, 2.75) is 6.18 Å². The molecule has 0 unspecified atom stereocenters. The highest BCUT2D eigenvalue weighted by atomic mass is 19.4. The van der Waals surface area contributed by atoms with E-state index < -0.39 is 22.5 Å². The molecular formula is C18H14F3N5O3. The van der Waals surface area contributed by atoms with Gasteiger partial charge in [-0.1, -0.05) is 6.07 Å². The molecule has 0 amide bonds. The normalized spacial score (nSPS) is 11.0. The molecule has 0 spiro atoms. The van der Waals surface area contributed by atoms with Crippen LogP contribution in [0.4, 0.5) is 42.0 Å². The van der Waals surface area contributed by atoms with Gasteiger partial charge in [0.05, 0.1) is 12.0 Å². The summed E-state index contributed by atoms with van der Waals surface area (Å²) in [4.78, 5) is 17.7. The van der Waals surface area contributed by atoms with Crippen LogP contribution in [0.25, 0.3) is 0 Å². The Hall–Kier alpha value is -3.89. The van der Waals surface area contributed by atoms with Gasteiger partial charge < -0.3 is 15.4 Å². The number of hydrogen-bond donors (Lipinski definition) is 2. The summed E-state index contributed by atoms with van der Waals surface area (Å²) in [6.45, 7) is 0. The number of nitro groups is 1. The third kappa shape index (κ3) is 4.89. The molecule has 1 heterocycles. The van der Waals surface area contributed by atoms with Crippen LogP contribution in [0, 0.1) is 10.1 Å². The van der Waals surface area contributed by atoms with E-state index in [-0.39, 0.29) is 11.6 Å². The molecule has 0 saturated heterocycles. The van der Waals surface area contributed by atoms with E-state index in [4.69, 9.17) is 4.74 Å². The Bertz CT molecular complexity index is 1030. The average Bonchev–Trinajstić information content (AvgIpc) is 2.68. The van der Waals surface area contributed by atoms with Gasteiger partial charge in [0.2, 0.25) is 5.95 Å². The van der Waals surface area contributed by atoms with E-state index in [2.05, 4.69) is 20.6 Å². The monoisotopic (exact) mass is 405 g/mol. The van der Waals surface area contributed by atoms with Gasteiger partial charge in [-0.25, -0.2) is 4.98 Å². The topological polar surface area (TPSA) is 102 Å². The van der Waals surface area contributed by atoms with Gasteiger partial charge in [0.25, 0.3) is 5.69 Å². The van der Waals surface area contributed by atoms with Crippen molar-refractivity contribution in [3.63, 3.8) is 0 Å². The first-order valence-corrected chi connectivity index (χ1v) is 8.13. The molecular weight excluding hydrogens is 391 g/mol. The van der Waals surface area contributed by atoms with Crippen LogP contribution in [0.15, 0.2) is 54.7 Å². The van der Waals surface area contributed by atoms with Crippen LogP contribution >= 0.6 is 0 Å². The highest BCUT2D eigenvalue weighted by Gasteiger charge is 2.35. The predicted molar refractivity (Wildman–Crippen MR) is 99.7 cm³/mol. The molecule has 3 aromatic rings. The first-order valence-electron chi connectivity index (χ1n) is 8.13. The summed E-state index contributed by atoms with van der Waals surface area (Å²) in [6.07, 6.45) is -4.02. The molecule has 0 aliphatic rings. The van der Waals surface area contributed by atoms with Gasteiger partial charge in [0.15, 0.2) is 0 Å². The SMILES string of the molecule is COc1cccc(Nc2nc(Nc3ccc([N+](=O)[O-])cc3)ncc2C(F)(F)F)c1. The third-order valence-electron chi connectivity index (χ3n) is 3.76. The standard InChI is InChI=1S/C18H14F3N5O3/c1-29-14-4-2-3-12(9-14)23-16-15(18(19,20)21)10-22-17(25-16)24-11-5-7-13(8-6-11)26(27)28/h2-10H,1H3,(H2,22,23,24,25). The molecule has 1 aromatic heterocycles. The van der Waals surface area contributed by atoms with Crippen LogP contribution in [0.3, 0.4) is 0 Å². The van der Waals surface area contributed by atoms with Gasteiger partial charge in [-0.2, -0.15) is 18.2 Å². The van der Waals surface area contributed by atoms with Gasteiger partial charge in [-0.3, -0.25) is 10.1 Å². The van der Waals surface area contributed by atoms with Crippen molar-refractivity contribution in [2.75, 3.05) is 17.7 Å². The summed E-state index contributed by atoms with van der Waals surface area (Å²) in [5.41, 5.74) is -0.448. The van der Waals surface area contributed by atoms with Crippen LogP contribution in [0.5, 0.6) is 5.75 Å². The van der Waals surface area contributed by atoms with Crippen molar-refractivity contribution < 1.29 is 22.8 Å². The lowest BCUT2D eigenvalue weighted by Gasteiger charge is -2.15. The molecule has 0 aliphatic heterocycles. The lowest BCUT2D eigenvalue weighted by molar-refractivity contribution is -0.384. The Kier molecular flexibility index (Phi) is 5.48. The molecule has 0 fully saturated rings. The molecule has 0 radical (unpaired) electrons. The maximum Gasteiger partial charge on any atom is 0.421 e. The maximum atomic E-state index is 13.3. The van der Waals surface area contributed by atoms with Gasteiger partial charge in [-0.15, -0.1) is 0 Å².